The summed E-state index contributed by atoms with van der Waals surface area (Å²) in [6, 6.07) is 6.35. The van der Waals surface area contributed by atoms with Gasteiger partial charge < -0.3 is 19.2 Å². The summed E-state index contributed by atoms with van der Waals surface area (Å²) in [5.41, 5.74) is 1.19. The Morgan fingerprint density at radius 3 is 2.47 bits per heavy atom. The van der Waals surface area contributed by atoms with Crippen molar-refractivity contribution in [1.82, 2.24) is 24.6 Å². The second-order valence-corrected chi connectivity index (χ2v) is 11.4. The standard InChI is InChI=1S/C27H34F4N6O/c1-35-10-9-22(20(28)14-35)32-21-3-2-4-23-19(21)11-24(37(23)16-27(29,30)31)26-34-33-25(38-26)15-36(12-17-5-6-17)13-18-7-8-18/h2-4,11,17-18,20,22,32H,5-10,12-16H2,1H3/t20-,22+/m1/s1. The lowest BCUT2D eigenvalue weighted by atomic mass is 10.0. The number of anilines is 1. The van der Waals surface area contributed by atoms with E-state index in [1.165, 1.54) is 30.3 Å². The van der Waals surface area contributed by atoms with Gasteiger partial charge >= 0.3 is 6.18 Å². The molecule has 3 fully saturated rings. The molecule has 1 aromatic carbocycles. The Labute approximate surface area is 219 Å². The Kier molecular flexibility index (Phi) is 6.84. The lowest BCUT2D eigenvalue weighted by molar-refractivity contribution is -0.139. The van der Waals surface area contributed by atoms with Crippen molar-refractivity contribution < 1.29 is 22.0 Å². The first-order valence-electron chi connectivity index (χ1n) is 13.5. The van der Waals surface area contributed by atoms with Gasteiger partial charge in [0.15, 0.2) is 0 Å². The van der Waals surface area contributed by atoms with Crippen molar-refractivity contribution in [3.63, 3.8) is 0 Å². The molecule has 3 aromatic rings. The highest BCUT2D eigenvalue weighted by atomic mass is 19.4. The lowest BCUT2D eigenvalue weighted by Gasteiger charge is -2.33. The number of rotatable bonds is 10. The Morgan fingerprint density at radius 1 is 1.08 bits per heavy atom. The van der Waals surface area contributed by atoms with Crippen molar-refractivity contribution in [2.45, 2.75) is 63.6 Å². The summed E-state index contributed by atoms with van der Waals surface area (Å²) in [5, 5.41) is 12.2. The highest BCUT2D eigenvalue weighted by Gasteiger charge is 2.33. The monoisotopic (exact) mass is 534 g/mol. The molecule has 1 N–H and O–H groups in total. The van der Waals surface area contributed by atoms with Crippen molar-refractivity contribution in [3.05, 3.63) is 30.2 Å². The lowest BCUT2D eigenvalue weighted by Crippen LogP contribution is -2.46. The number of hydrogen-bond acceptors (Lipinski definition) is 6. The zero-order valence-corrected chi connectivity index (χ0v) is 21.6. The van der Waals surface area contributed by atoms with E-state index >= 15 is 0 Å². The number of fused-ring (bicyclic) bond motifs is 1. The molecule has 6 rings (SSSR count). The largest absolute Gasteiger partial charge is 0.418 e. The summed E-state index contributed by atoms with van der Waals surface area (Å²) >= 11 is 0. The third-order valence-electron chi connectivity index (χ3n) is 7.84. The van der Waals surface area contributed by atoms with Crippen LogP contribution in [0.4, 0.5) is 23.2 Å². The minimum Gasteiger partial charge on any atom is -0.418 e. The summed E-state index contributed by atoms with van der Waals surface area (Å²) in [6.07, 6.45) is 0.0467. The van der Waals surface area contributed by atoms with E-state index in [0.717, 1.165) is 19.6 Å². The molecule has 3 aliphatic rings. The van der Waals surface area contributed by atoms with E-state index in [9.17, 15) is 17.6 Å². The van der Waals surface area contributed by atoms with E-state index in [4.69, 9.17) is 4.42 Å². The van der Waals surface area contributed by atoms with Crippen LogP contribution in [0.25, 0.3) is 22.5 Å². The molecule has 1 aliphatic heterocycles. The van der Waals surface area contributed by atoms with Gasteiger partial charge in [0.25, 0.3) is 5.89 Å². The number of piperidine rings is 1. The highest BCUT2D eigenvalue weighted by Crippen LogP contribution is 2.37. The van der Waals surface area contributed by atoms with Crippen LogP contribution in [0.1, 0.15) is 38.0 Å². The zero-order valence-electron chi connectivity index (χ0n) is 21.6. The zero-order chi connectivity index (χ0) is 26.4. The molecule has 0 radical (unpaired) electrons. The summed E-state index contributed by atoms with van der Waals surface area (Å²) < 4.78 is 62.9. The van der Waals surface area contributed by atoms with Gasteiger partial charge in [-0.1, -0.05) is 6.07 Å². The van der Waals surface area contributed by atoms with Gasteiger partial charge in [0.1, 0.15) is 18.4 Å². The molecule has 0 spiro atoms. The molecule has 7 nitrogen and oxygen atoms in total. The predicted octanol–water partition coefficient (Wildman–Crippen LogP) is 5.33. The third kappa shape index (κ3) is 5.98. The summed E-state index contributed by atoms with van der Waals surface area (Å²) in [7, 11) is 1.88. The van der Waals surface area contributed by atoms with Gasteiger partial charge in [0.2, 0.25) is 5.89 Å². The van der Waals surface area contributed by atoms with E-state index in [2.05, 4.69) is 20.4 Å². The molecule has 206 valence electrons. The topological polar surface area (TPSA) is 62.4 Å². The maximum atomic E-state index is 14.7. The molecular weight excluding hydrogens is 500 g/mol. The number of hydrogen-bond donors (Lipinski definition) is 1. The second kappa shape index (κ2) is 10.1. The number of aromatic nitrogens is 3. The molecule has 3 heterocycles. The van der Waals surface area contributed by atoms with Gasteiger partial charge in [-0.3, -0.25) is 4.90 Å². The van der Waals surface area contributed by atoms with Gasteiger partial charge in [0.05, 0.1) is 18.1 Å². The number of benzene rings is 1. The van der Waals surface area contributed by atoms with E-state index in [1.807, 2.05) is 11.9 Å². The van der Waals surface area contributed by atoms with Gasteiger partial charge in [-0.25, -0.2) is 4.39 Å². The average molecular weight is 535 g/mol. The number of likely N-dealkylation sites (tertiary alicyclic amines) is 1. The van der Waals surface area contributed by atoms with Crippen LogP contribution in [0.2, 0.25) is 0 Å². The normalized spacial score (nSPS) is 23.0. The first-order valence-corrected chi connectivity index (χ1v) is 13.5. The number of nitrogens with one attached hydrogen (secondary N) is 1. The molecule has 0 bridgehead atoms. The van der Waals surface area contributed by atoms with Crippen molar-refractivity contribution in [1.29, 1.82) is 0 Å². The maximum absolute atomic E-state index is 14.7. The SMILES string of the molecule is CN1CC[C@H](Nc2cccc3c2cc(-c2nnc(CN(CC4CC4)CC4CC4)o2)n3CC(F)(F)F)[C@H](F)C1. The quantitative estimate of drug-likeness (QED) is 0.355. The average Bonchev–Trinajstić information content (AvgIpc) is 3.76. The van der Waals surface area contributed by atoms with Crippen molar-refractivity contribution >= 4 is 16.6 Å². The fourth-order valence-electron chi connectivity index (χ4n) is 5.50. The van der Waals surface area contributed by atoms with Crippen LogP contribution in [-0.2, 0) is 13.1 Å². The molecule has 0 unspecified atom stereocenters. The van der Waals surface area contributed by atoms with Crippen LogP contribution in [0.15, 0.2) is 28.7 Å². The van der Waals surface area contributed by atoms with Crippen LogP contribution in [-0.4, -0.2) is 76.2 Å². The number of halogens is 4. The minimum atomic E-state index is -4.45. The molecule has 2 aliphatic carbocycles. The van der Waals surface area contributed by atoms with Gasteiger partial charge in [-0.05, 0) is 69.2 Å². The van der Waals surface area contributed by atoms with Crippen molar-refractivity contribution in [2.24, 2.45) is 11.8 Å². The first kappa shape index (κ1) is 25.6. The molecule has 2 atom stereocenters. The van der Waals surface area contributed by atoms with Crippen LogP contribution in [0, 0.1) is 11.8 Å². The number of alkyl halides is 4. The number of nitrogens with zero attached hydrogens (tertiary/aromatic N) is 5. The van der Waals surface area contributed by atoms with Crippen LogP contribution < -0.4 is 5.32 Å². The first-order chi connectivity index (χ1) is 18.2. The predicted molar refractivity (Wildman–Crippen MR) is 136 cm³/mol. The van der Waals surface area contributed by atoms with Crippen molar-refractivity contribution in [3.8, 4) is 11.6 Å². The molecule has 0 amide bonds. The molecule has 2 aromatic heterocycles. The van der Waals surface area contributed by atoms with Crippen LogP contribution in [0.3, 0.4) is 0 Å². The molecule has 2 saturated carbocycles. The van der Waals surface area contributed by atoms with E-state index in [0.29, 0.717) is 53.8 Å². The fourth-order valence-corrected chi connectivity index (χ4v) is 5.50. The molecule has 1 saturated heterocycles. The summed E-state index contributed by atoms with van der Waals surface area (Å²) in [6.45, 7) is 2.35. The van der Waals surface area contributed by atoms with E-state index < -0.39 is 24.9 Å². The van der Waals surface area contributed by atoms with E-state index in [1.54, 1.807) is 24.3 Å². The summed E-state index contributed by atoms with van der Waals surface area (Å²) in [4.78, 5) is 4.28. The molecule has 11 heteroatoms. The van der Waals surface area contributed by atoms with Crippen LogP contribution >= 0.6 is 0 Å². The molecule has 38 heavy (non-hydrogen) atoms. The summed E-state index contributed by atoms with van der Waals surface area (Å²) in [5.74, 6) is 1.90. The van der Waals surface area contributed by atoms with Gasteiger partial charge in [0, 0.05) is 37.3 Å². The second-order valence-electron chi connectivity index (χ2n) is 11.4. The molecular formula is C27H34F4N6O. The smallest absolute Gasteiger partial charge is 0.406 e. The minimum absolute atomic E-state index is 0.0619. The third-order valence-corrected chi connectivity index (χ3v) is 7.84. The van der Waals surface area contributed by atoms with E-state index in [-0.39, 0.29) is 11.6 Å². The highest BCUT2D eigenvalue weighted by molar-refractivity contribution is 5.96. The Balaban J connectivity index is 1.30. The van der Waals surface area contributed by atoms with Gasteiger partial charge in [-0.15, -0.1) is 10.2 Å². The maximum Gasteiger partial charge on any atom is 0.406 e. The van der Waals surface area contributed by atoms with Crippen LogP contribution in [0.5, 0.6) is 0 Å². The fraction of sp³-hybridized carbons (Fsp3) is 0.630. The van der Waals surface area contributed by atoms with Gasteiger partial charge in [-0.2, -0.15) is 13.2 Å². The Morgan fingerprint density at radius 2 is 1.82 bits per heavy atom. The Bertz CT molecular complexity index is 1250. The Hall–Kier alpha value is -2.66. The van der Waals surface area contributed by atoms with Crippen molar-refractivity contribution in [2.75, 3.05) is 38.5 Å².